The first kappa shape index (κ1) is 21.2. The van der Waals surface area contributed by atoms with E-state index in [1.807, 2.05) is 0 Å². The molecule has 1 unspecified atom stereocenters. The Bertz CT molecular complexity index is 1100. The number of aromatic nitrogens is 5. The van der Waals surface area contributed by atoms with Gasteiger partial charge in [-0.1, -0.05) is 11.8 Å². The average Bonchev–Trinajstić information content (AvgIpc) is 3.21. The summed E-state index contributed by atoms with van der Waals surface area (Å²) < 4.78 is 17.9. The van der Waals surface area contributed by atoms with Crippen LogP contribution < -0.4 is 40.2 Å². The number of aliphatic hydroxyl groups excluding tert-OH is 1. The van der Waals surface area contributed by atoms with Crippen LogP contribution in [0.1, 0.15) is 6.23 Å². The monoisotopic (exact) mass is 444 g/mol. The molecule has 3 aromatic heterocycles. The summed E-state index contributed by atoms with van der Waals surface area (Å²) in [7, 11) is 0. The second kappa shape index (κ2) is 7.89. The molecule has 0 bridgehead atoms. The van der Waals surface area contributed by atoms with Crippen LogP contribution in [0.25, 0.3) is 22.6 Å². The van der Waals surface area contributed by atoms with E-state index >= 15 is 0 Å². The van der Waals surface area contributed by atoms with Crippen LogP contribution >= 0.6 is 6.72 Å². The summed E-state index contributed by atoms with van der Waals surface area (Å²) in [6, 6.07) is 3.56. The van der Waals surface area contributed by atoms with Gasteiger partial charge in [-0.3, -0.25) is 9.55 Å². The molecule has 2 saturated heterocycles. The van der Waals surface area contributed by atoms with Gasteiger partial charge in [-0.05, 0) is 12.1 Å². The fourth-order valence-electron chi connectivity index (χ4n) is 3.41. The van der Waals surface area contributed by atoms with Gasteiger partial charge in [-0.25, -0.2) is 15.0 Å². The topological polar surface area (TPSA) is 153 Å². The first-order chi connectivity index (χ1) is 13.4. The third kappa shape index (κ3) is 3.63. The maximum atomic E-state index is 12.0. The fourth-order valence-corrected chi connectivity index (χ4v) is 4.84. The van der Waals surface area contributed by atoms with Crippen LogP contribution in [0, 0.1) is 0 Å². The molecule has 146 valence electrons. The van der Waals surface area contributed by atoms with Gasteiger partial charge in [-0.2, -0.15) is 0 Å². The van der Waals surface area contributed by atoms with Gasteiger partial charge in [0.25, 0.3) is 0 Å². The van der Waals surface area contributed by atoms with Crippen molar-refractivity contribution in [1.82, 2.24) is 24.5 Å². The van der Waals surface area contributed by atoms with Crippen molar-refractivity contribution in [3.63, 3.8) is 0 Å². The van der Waals surface area contributed by atoms with Gasteiger partial charge in [-0.15, -0.1) is 0 Å². The van der Waals surface area contributed by atoms with Crippen LogP contribution in [0.15, 0.2) is 30.9 Å². The van der Waals surface area contributed by atoms with E-state index in [1.54, 1.807) is 29.1 Å². The van der Waals surface area contributed by atoms with Crippen LogP contribution in [-0.2, 0) is 25.6 Å². The van der Waals surface area contributed by atoms with E-state index in [0.29, 0.717) is 22.6 Å². The van der Waals surface area contributed by atoms with E-state index in [9.17, 15) is 10.00 Å². The molecule has 11 nitrogen and oxygen atoms in total. The smallest absolute Gasteiger partial charge is 0.780 e. The number of hydrogen-bond acceptors (Lipinski definition) is 11. The number of hydrogen-bond donors (Lipinski definition) is 2. The largest absolute Gasteiger partial charge is 1.00 e. The molecular weight excluding hydrogens is 430 g/mol. The summed E-state index contributed by atoms with van der Waals surface area (Å²) in [4.78, 5) is 28.9. The summed E-state index contributed by atoms with van der Waals surface area (Å²) in [6.45, 7) is -3.71. The minimum absolute atomic E-state index is 0. The van der Waals surface area contributed by atoms with E-state index < -0.39 is 31.3 Å². The molecule has 0 aliphatic carbocycles. The van der Waals surface area contributed by atoms with E-state index in [2.05, 4.69) is 19.9 Å². The number of ether oxygens (including phenoxy) is 1. The van der Waals surface area contributed by atoms with E-state index in [4.69, 9.17) is 31.3 Å². The summed E-state index contributed by atoms with van der Waals surface area (Å²) in [6.07, 6.45) is 0.868. The van der Waals surface area contributed by atoms with Gasteiger partial charge in [0.2, 0.25) is 0 Å². The number of pyridine rings is 1. The number of imidazole rings is 1. The van der Waals surface area contributed by atoms with Crippen molar-refractivity contribution in [2.24, 2.45) is 0 Å². The Labute approximate surface area is 191 Å². The molecule has 14 heteroatoms. The molecule has 2 aliphatic heterocycles. The second-order valence-electron chi connectivity index (χ2n) is 6.35. The van der Waals surface area contributed by atoms with Gasteiger partial charge in [0, 0.05) is 18.0 Å². The number of nitrogens with two attached hydrogens (primary N) is 1. The minimum Gasteiger partial charge on any atom is -0.780 e. The first-order valence-corrected chi connectivity index (χ1v) is 10.9. The Hall–Kier alpha value is -1.05. The third-order valence-electron chi connectivity index (χ3n) is 4.64. The Morgan fingerprint density at radius 1 is 1.38 bits per heavy atom. The third-order valence-corrected chi connectivity index (χ3v) is 6.18. The number of nitrogen functional groups attached to an aromatic ring is 1. The van der Waals surface area contributed by atoms with Gasteiger partial charge >= 0.3 is 29.6 Å². The zero-order valence-electron chi connectivity index (χ0n) is 15.2. The Morgan fingerprint density at radius 2 is 2.21 bits per heavy atom. The van der Waals surface area contributed by atoms with Crippen molar-refractivity contribution in [3.05, 3.63) is 30.9 Å². The van der Waals surface area contributed by atoms with Gasteiger partial charge < -0.3 is 29.5 Å². The fraction of sp³-hybridized carbons (Fsp3) is 0.333. The number of anilines is 1. The molecule has 5 rings (SSSR count). The number of fused-ring (bicyclic) bond motifs is 2. The number of nitrogens with zero attached hydrogens (tertiary/aromatic N) is 5. The SMILES string of the molecule is Nc1ncnc2c1nc(-c1cccnc1)n2[C@@H]1O[C@@H]2COP([O-])(=S)O[C@H]2[C@H]1O.[Na+]. The van der Waals surface area contributed by atoms with Crippen LogP contribution in [0.4, 0.5) is 5.82 Å². The Kier molecular flexibility index (Phi) is 5.77. The van der Waals surface area contributed by atoms with Crippen LogP contribution in [0.2, 0.25) is 0 Å². The van der Waals surface area contributed by atoms with Crippen molar-refractivity contribution < 1.29 is 53.3 Å². The van der Waals surface area contributed by atoms with Crippen molar-refractivity contribution in [2.75, 3.05) is 12.3 Å². The molecule has 29 heavy (non-hydrogen) atoms. The van der Waals surface area contributed by atoms with E-state index in [1.165, 1.54) is 6.33 Å². The minimum atomic E-state index is -3.66. The molecule has 0 amide bonds. The summed E-state index contributed by atoms with van der Waals surface area (Å²) in [5, 5.41) is 10.9. The molecule has 5 atom stereocenters. The standard InChI is InChI=1S/C15H15N6O5PS.Na/c16-12-9-14(19-6-18-12)21(13(20-9)7-2-1-3-17-4-7)15-10(22)11-8(25-15)5-24-27(23,28)26-11;/h1-4,6,8,10-11,15,22H,5H2,(H,23,28)(H2,16,18,19);/q;+1/p-1/t8-,10-,11-,15-,27?;/m1./s1. The summed E-state index contributed by atoms with van der Waals surface area (Å²) >= 11 is 4.79. The molecular formula is C15H14N6NaO5PS. The van der Waals surface area contributed by atoms with E-state index in [-0.39, 0.29) is 42.0 Å². The summed E-state index contributed by atoms with van der Waals surface area (Å²) in [5.74, 6) is 0.619. The normalized spacial score (nSPS) is 31.4. The van der Waals surface area contributed by atoms with Gasteiger partial charge in [0.1, 0.15) is 37.2 Å². The summed E-state index contributed by atoms with van der Waals surface area (Å²) in [5.41, 5.74) is 7.36. The zero-order chi connectivity index (χ0) is 19.5. The second-order valence-corrected chi connectivity index (χ2v) is 9.05. The van der Waals surface area contributed by atoms with Crippen LogP contribution in [-0.4, -0.2) is 54.5 Å². The van der Waals surface area contributed by atoms with Gasteiger partial charge in [0.05, 0.1) is 6.61 Å². The zero-order valence-corrected chi connectivity index (χ0v) is 18.9. The van der Waals surface area contributed by atoms with Crippen molar-refractivity contribution in [2.45, 2.75) is 24.5 Å². The number of rotatable bonds is 2. The predicted octanol–water partition coefficient (Wildman–Crippen LogP) is -3.27. The maximum absolute atomic E-state index is 12.0. The predicted molar refractivity (Wildman–Crippen MR) is 98.0 cm³/mol. The van der Waals surface area contributed by atoms with Crippen LogP contribution in [0.3, 0.4) is 0 Å². The molecule has 3 aromatic rings. The molecule has 0 saturated carbocycles. The van der Waals surface area contributed by atoms with Crippen molar-refractivity contribution >= 4 is 35.5 Å². The first-order valence-electron chi connectivity index (χ1n) is 8.31. The maximum Gasteiger partial charge on any atom is 1.00 e. The Morgan fingerprint density at radius 3 is 2.97 bits per heavy atom. The Balaban J connectivity index is 0.00000205. The average molecular weight is 444 g/mol. The van der Waals surface area contributed by atoms with Gasteiger partial charge in [0.15, 0.2) is 23.2 Å². The molecule has 3 N–H and O–H groups in total. The molecule has 2 fully saturated rings. The van der Waals surface area contributed by atoms with E-state index in [0.717, 1.165) is 0 Å². The van der Waals surface area contributed by atoms with Crippen molar-refractivity contribution in [1.29, 1.82) is 0 Å². The molecule has 0 spiro atoms. The van der Waals surface area contributed by atoms with Crippen LogP contribution in [0.5, 0.6) is 0 Å². The molecule has 2 aliphatic rings. The molecule has 0 aromatic carbocycles. The quantitative estimate of drug-likeness (QED) is 0.302. The molecule has 0 radical (unpaired) electrons. The molecule has 5 heterocycles. The van der Waals surface area contributed by atoms with Crippen molar-refractivity contribution in [3.8, 4) is 11.4 Å². The number of aliphatic hydroxyl groups is 1.